The molecule has 0 amide bonds. The fourth-order valence-corrected chi connectivity index (χ4v) is 2.97. The van der Waals surface area contributed by atoms with E-state index < -0.39 is 59.7 Å². The molecule has 0 radical (unpaired) electrons. The summed E-state index contributed by atoms with van der Waals surface area (Å²) in [6.07, 6.45) is 0. The van der Waals surface area contributed by atoms with Crippen molar-refractivity contribution in [2.24, 2.45) is 0 Å². The van der Waals surface area contributed by atoms with E-state index in [4.69, 9.17) is 9.66 Å². The Labute approximate surface area is 152 Å². The standard InChI is InChI=1S/C11H8F6O9S2/c1-25-7-4-5(8(18)19)2-3-6(7)26-28(23,24)11(16,17)9(12,13)10(14,15)27(20,21)22/h2-4H,1H3,(H,18,19)(H,20,21,22). The van der Waals surface area contributed by atoms with Gasteiger partial charge in [0.2, 0.25) is 0 Å². The van der Waals surface area contributed by atoms with Crippen LogP contribution in [-0.4, -0.2) is 56.0 Å². The molecular formula is C11H8F6O9S2. The van der Waals surface area contributed by atoms with Crippen molar-refractivity contribution in [2.45, 2.75) is 16.4 Å². The van der Waals surface area contributed by atoms with Gasteiger partial charge in [-0.25, -0.2) is 4.79 Å². The third-order valence-electron chi connectivity index (χ3n) is 2.98. The van der Waals surface area contributed by atoms with Crippen LogP contribution in [0.25, 0.3) is 0 Å². The molecule has 0 spiro atoms. The fraction of sp³-hybridized carbons (Fsp3) is 0.364. The number of hydrogen-bond donors (Lipinski definition) is 2. The molecular weight excluding hydrogens is 454 g/mol. The van der Waals surface area contributed by atoms with Crippen LogP contribution in [0.15, 0.2) is 18.2 Å². The smallest absolute Gasteiger partial charge is 0.450 e. The molecule has 0 bridgehead atoms. The van der Waals surface area contributed by atoms with Gasteiger partial charge in [-0.3, -0.25) is 4.55 Å². The highest BCUT2D eigenvalue weighted by molar-refractivity contribution is 7.88. The Morgan fingerprint density at radius 2 is 1.46 bits per heavy atom. The minimum Gasteiger partial charge on any atom is -0.493 e. The number of carboxylic acid groups (broad SMARTS) is 1. The van der Waals surface area contributed by atoms with E-state index >= 15 is 0 Å². The van der Waals surface area contributed by atoms with Crippen LogP contribution in [0.5, 0.6) is 11.5 Å². The summed E-state index contributed by atoms with van der Waals surface area (Å²) in [6, 6.07) is 1.46. The van der Waals surface area contributed by atoms with Crippen molar-refractivity contribution in [2.75, 3.05) is 7.11 Å². The topological polar surface area (TPSA) is 144 Å². The summed E-state index contributed by atoms with van der Waals surface area (Å²) in [6.45, 7) is 0. The Kier molecular flexibility index (Phi) is 5.91. The number of ether oxygens (including phenoxy) is 1. The van der Waals surface area contributed by atoms with Crippen molar-refractivity contribution in [3.8, 4) is 11.5 Å². The van der Waals surface area contributed by atoms with Gasteiger partial charge in [0.25, 0.3) is 0 Å². The van der Waals surface area contributed by atoms with Crippen molar-refractivity contribution < 1.29 is 66.6 Å². The summed E-state index contributed by atoms with van der Waals surface area (Å²) in [4.78, 5) is 10.8. The Morgan fingerprint density at radius 1 is 0.964 bits per heavy atom. The quantitative estimate of drug-likeness (QED) is 0.336. The first kappa shape index (κ1) is 23.8. The fourth-order valence-electron chi connectivity index (χ4n) is 1.53. The highest BCUT2D eigenvalue weighted by Crippen LogP contribution is 2.51. The van der Waals surface area contributed by atoms with Crippen molar-refractivity contribution in [1.29, 1.82) is 0 Å². The van der Waals surface area contributed by atoms with E-state index in [-0.39, 0.29) is 0 Å². The van der Waals surface area contributed by atoms with Gasteiger partial charge in [-0.05, 0) is 18.2 Å². The zero-order chi connectivity index (χ0) is 22.3. The van der Waals surface area contributed by atoms with Gasteiger partial charge in [-0.15, -0.1) is 0 Å². The second-order valence-electron chi connectivity index (χ2n) is 4.79. The third-order valence-corrected chi connectivity index (χ3v) is 5.17. The molecule has 0 saturated carbocycles. The van der Waals surface area contributed by atoms with Crippen LogP contribution in [-0.2, 0) is 20.2 Å². The number of halogens is 6. The highest BCUT2D eigenvalue weighted by atomic mass is 32.2. The lowest BCUT2D eigenvalue weighted by Gasteiger charge is -2.29. The molecule has 28 heavy (non-hydrogen) atoms. The summed E-state index contributed by atoms with van der Waals surface area (Å²) in [5, 5.41) is -5.07. The lowest BCUT2D eigenvalue weighted by Crippen LogP contribution is -2.61. The predicted octanol–water partition coefficient (Wildman–Crippen LogP) is 1.81. The monoisotopic (exact) mass is 462 g/mol. The Morgan fingerprint density at radius 3 is 1.86 bits per heavy atom. The Hall–Kier alpha value is -2.27. The van der Waals surface area contributed by atoms with Crippen molar-refractivity contribution in [3.63, 3.8) is 0 Å². The van der Waals surface area contributed by atoms with Gasteiger partial charge in [0.15, 0.2) is 11.5 Å². The maximum atomic E-state index is 13.7. The van der Waals surface area contributed by atoms with E-state index in [0.717, 1.165) is 7.11 Å². The zero-order valence-electron chi connectivity index (χ0n) is 13.1. The summed E-state index contributed by atoms with van der Waals surface area (Å²) < 4.78 is 140. The SMILES string of the molecule is COc1cc(C(=O)O)ccc1OS(=O)(=O)C(F)(F)C(F)(F)C(F)(F)S(=O)(=O)O. The molecule has 2 N–H and O–H groups in total. The lowest BCUT2D eigenvalue weighted by molar-refractivity contribution is -0.247. The largest absolute Gasteiger partial charge is 0.493 e. The molecule has 0 aromatic heterocycles. The van der Waals surface area contributed by atoms with E-state index in [2.05, 4.69) is 8.92 Å². The molecule has 1 rings (SSSR count). The molecule has 0 heterocycles. The molecule has 0 unspecified atom stereocenters. The molecule has 0 aliphatic carbocycles. The second-order valence-corrected chi connectivity index (χ2v) is 7.84. The normalized spacial score (nSPS) is 13.9. The number of carbonyl (C=O) groups is 1. The molecule has 0 atom stereocenters. The number of alkyl halides is 6. The summed E-state index contributed by atoms with van der Waals surface area (Å²) in [5.41, 5.74) is -0.586. The van der Waals surface area contributed by atoms with Crippen molar-refractivity contribution in [1.82, 2.24) is 0 Å². The molecule has 160 valence electrons. The van der Waals surface area contributed by atoms with Gasteiger partial charge in [0.05, 0.1) is 12.7 Å². The third kappa shape index (κ3) is 3.68. The zero-order valence-corrected chi connectivity index (χ0v) is 14.7. The minimum absolute atomic E-state index is 0.370. The molecule has 0 fully saturated rings. The van der Waals surface area contributed by atoms with Crippen LogP contribution in [0.1, 0.15) is 10.4 Å². The molecule has 17 heteroatoms. The first-order valence-corrected chi connectivity index (χ1v) is 9.14. The average molecular weight is 462 g/mol. The van der Waals surface area contributed by atoms with Crippen molar-refractivity contribution >= 4 is 26.2 Å². The number of aromatic carboxylic acids is 1. The first-order chi connectivity index (χ1) is 12.3. The number of methoxy groups -OCH3 is 1. The summed E-state index contributed by atoms with van der Waals surface area (Å²) >= 11 is 0. The van der Waals surface area contributed by atoms with Crippen molar-refractivity contribution in [3.05, 3.63) is 23.8 Å². The van der Waals surface area contributed by atoms with Gasteiger partial charge in [0, 0.05) is 0 Å². The van der Waals surface area contributed by atoms with Crippen LogP contribution >= 0.6 is 0 Å². The van der Waals surface area contributed by atoms with E-state index in [1.54, 1.807) is 0 Å². The Bertz CT molecular complexity index is 988. The number of hydrogen-bond acceptors (Lipinski definition) is 7. The number of carboxylic acids is 1. The molecule has 9 nitrogen and oxygen atoms in total. The number of benzene rings is 1. The lowest BCUT2D eigenvalue weighted by atomic mass is 10.2. The van der Waals surface area contributed by atoms with Gasteiger partial charge >= 0.3 is 42.6 Å². The van der Waals surface area contributed by atoms with E-state index in [1.807, 2.05) is 0 Å². The van der Waals surface area contributed by atoms with E-state index in [0.29, 0.717) is 18.2 Å². The second kappa shape index (κ2) is 6.96. The summed E-state index contributed by atoms with van der Waals surface area (Å²) in [7, 11) is -13.5. The predicted molar refractivity (Wildman–Crippen MR) is 75.9 cm³/mol. The molecule has 0 aliphatic rings. The van der Waals surface area contributed by atoms with E-state index in [9.17, 15) is 48.0 Å². The minimum atomic E-state index is -7.18. The van der Waals surface area contributed by atoms with Gasteiger partial charge in [0.1, 0.15) is 0 Å². The van der Waals surface area contributed by atoms with Gasteiger partial charge in [-0.1, -0.05) is 0 Å². The summed E-state index contributed by atoms with van der Waals surface area (Å²) in [5.74, 6) is -11.0. The molecule has 1 aromatic rings. The Balaban J connectivity index is 3.49. The van der Waals surface area contributed by atoms with Crippen LogP contribution in [0.2, 0.25) is 0 Å². The van der Waals surface area contributed by atoms with Crippen LogP contribution < -0.4 is 8.92 Å². The first-order valence-electron chi connectivity index (χ1n) is 6.29. The molecule has 0 saturated heterocycles. The molecule has 1 aromatic carbocycles. The maximum Gasteiger partial charge on any atom is 0.450 e. The van der Waals surface area contributed by atoms with Crippen LogP contribution in [0.4, 0.5) is 26.3 Å². The maximum absolute atomic E-state index is 13.7. The molecule has 0 aliphatic heterocycles. The van der Waals surface area contributed by atoms with Gasteiger partial charge < -0.3 is 14.0 Å². The van der Waals surface area contributed by atoms with E-state index in [1.165, 1.54) is 0 Å². The number of rotatable bonds is 8. The van der Waals surface area contributed by atoms with Gasteiger partial charge in [-0.2, -0.15) is 43.2 Å². The highest BCUT2D eigenvalue weighted by Gasteiger charge is 2.83. The van der Waals surface area contributed by atoms with Crippen LogP contribution in [0.3, 0.4) is 0 Å². The van der Waals surface area contributed by atoms with Crippen LogP contribution in [0, 0.1) is 0 Å². The average Bonchev–Trinajstić information content (AvgIpc) is 2.52.